The van der Waals surface area contributed by atoms with Crippen molar-refractivity contribution in [1.82, 2.24) is 0 Å². The molecular weight excluding hydrogens is 247 g/mol. The maximum absolute atomic E-state index is 12.5. The summed E-state index contributed by atoms with van der Waals surface area (Å²) in [5.74, 6) is 0.00981. The first kappa shape index (κ1) is 15.4. The Kier molecular flexibility index (Phi) is 4.12. The molecule has 1 rings (SSSR count). The molecule has 0 saturated carbocycles. The van der Waals surface area contributed by atoms with E-state index in [4.69, 9.17) is 0 Å². The number of hydrogen-bond donors (Lipinski definition) is 2. The Morgan fingerprint density at radius 3 is 1.44 bits per heavy atom. The molecule has 0 unspecified atom stereocenters. The van der Waals surface area contributed by atoms with E-state index < -0.39 is 8.38 Å². The van der Waals surface area contributed by atoms with Crippen LogP contribution < -0.4 is 10.4 Å². The van der Waals surface area contributed by atoms with E-state index in [2.05, 4.69) is 0 Å². The van der Waals surface area contributed by atoms with Gasteiger partial charge in [0.1, 0.15) is 0 Å². The van der Waals surface area contributed by atoms with Crippen LogP contribution in [-0.4, -0.2) is 9.79 Å². The summed E-state index contributed by atoms with van der Waals surface area (Å²) in [5, 5.41) is 12.9. The predicted molar refractivity (Wildman–Crippen MR) is 74.3 cm³/mol. The quantitative estimate of drug-likeness (QED) is 0.769. The average molecular weight is 269 g/mol. The number of rotatable bonds is 1. The highest BCUT2D eigenvalue weighted by Crippen LogP contribution is 2.38. The fourth-order valence-corrected chi connectivity index (χ4v) is 2.33. The van der Waals surface area contributed by atoms with E-state index in [1.807, 2.05) is 41.5 Å². The molecule has 1 aromatic carbocycles. The van der Waals surface area contributed by atoms with Crippen LogP contribution in [0, 0.1) is 0 Å². The van der Waals surface area contributed by atoms with Gasteiger partial charge in [0.05, 0.1) is 0 Å². The van der Waals surface area contributed by atoms with Gasteiger partial charge in [-0.25, -0.2) is 0 Å². The fourth-order valence-electron chi connectivity index (χ4n) is 1.84. The molecule has 0 radical (unpaired) electrons. The summed E-state index contributed by atoms with van der Waals surface area (Å²) >= 11 is 0. The largest absolute Gasteiger partial charge is 0.872 e. The summed E-state index contributed by atoms with van der Waals surface area (Å²) < 4.78 is 0. The highest BCUT2D eigenvalue weighted by atomic mass is 31.2. The molecule has 0 aliphatic heterocycles. The van der Waals surface area contributed by atoms with Crippen molar-refractivity contribution in [1.29, 1.82) is 0 Å². The monoisotopic (exact) mass is 269 g/mol. The van der Waals surface area contributed by atoms with Gasteiger partial charge >= 0.3 is 0 Å². The summed E-state index contributed by atoms with van der Waals surface area (Å²) in [6.45, 7) is 11.7. The van der Waals surface area contributed by atoms with Gasteiger partial charge in [-0.1, -0.05) is 41.5 Å². The van der Waals surface area contributed by atoms with Crippen LogP contribution in [0.25, 0.3) is 0 Å². The molecular formula is C14H22O3P-. The Morgan fingerprint density at radius 1 is 0.889 bits per heavy atom. The lowest BCUT2D eigenvalue weighted by molar-refractivity contribution is -0.271. The van der Waals surface area contributed by atoms with Crippen molar-refractivity contribution in [2.45, 2.75) is 52.4 Å². The molecule has 0 aromatic heterocycles. The van der Waals surface area contributed by atoms with Crippen molar-refractivity contribution >= 4 is 13.7 Å². The summed E-state index contributed by atoms with van der Waals surface area (Å²) in [7, 11) is -2.17. The lowest BCUT2D eigenvalue weighted by Crippen LogP contribution is -2.24. The third-order valence-corrected chi connectivity index (χ3v) is 3.64. The van der Waals surface area contributed by atoms with Crippen LogP contribution in [0.4, 0.5) is 0 Å². The molecule has 1 aromatic rings. The lowest BCUT2D eigenvalue weighted by Gasteiger charge is -2.34. The van der Waals surface area contributed by atoms with Gasteiger partial charge < -0.3 is 14.9 Å². The molecule has 3 nitrogen and oxygen atoms in total. The topological polar surface area (TPSA) is 63.5 Å². The lowest BCUT2D eigenvalue weighted by atomic mass is 9.79. The standard InChI is InChI=1S/C14H23O3P/c1-13(2,3)10-7-9(18(16)17)8-11(12(10)15)14(4,5)6/h7-8,15-17H,1-6H3/p-1. The first-order valence-electron chi connectivity index (χ1n) is 5.98. The van der Waals surface area contributed by atoms with Crippen molar-refractivity contribution in [3.63, 3.8) is 0 Å². The van der Waals surface area contributed by atoms with E-state index in [0.29, 0.717) is 16.4 Å². The average Bonchev–Trinajstić information content (AvgIpc) is 2.13. The zero-order chi connectivity index (χ0) is 14.3. The summed E-state index contributed by atoms with van der Waals surface area (Å²) in [4.78, 5) is 18.8. The Hall–Kier alpha value is -0.630. The van der Waals surface area contributed by atoms with E-state index in [9.17, 15) is 14.9 Å². The molecule has 0 spiro atoms. The number of benzene rings is 1. The molecule has 0 atom stereocenters. The van der Waals surface area contributed by atoms with Crippen LogP contribution in [0.2, 0.25) is 0 Å². The van der Waals surface area contributed by atoms with Crippen LogP contribution in [0.15, 0.2) is 12.1 Å². The normalized spacial score (nSPS) is 13.2. The molecule has 18 heavy (non-hydrogen) atoms. The molecule has 0 saturated heterocycles. The van der Waals surface area contributed by atoms with Gasteiger partial charge in [0.15, 0.2) is 8.38 Å². The van der Waals surface area contributed by atoms with Crippen LogP contribution in [-0.2, 0) is 10.8 Å². The van der Waals surface area contributed by atoms with Crippen molar-refractivity contribution in [2.24, 2.45) is 0 Å². The fraction of sp³-hybridized carbons (Fsp3) is 0.571. The maximum atomic E-state index is 12.5. The summed E-state index contributed by atoms with van der Waals surface area (Å²) in [6.07, 6.45) is 0. The second-order valence-corrected chi connectivity index (χ2v) is 7.75. The van der Waals surface area contributed by atoms with E-state index >= 15 is 0 Å². The van der Waals surface area contributed by atoms with E-state index in [0.717, 1.165) is 0 Å². The molecule has 0 heterocycles. The van der Waals surface area contributed by atoms with Crippen LogP contribution >= 0.6 is 8.38 Å². The van der Waals surface area contributed by atoms with Crippen molar-refractivity contribution in [3.05, 3.63) is 23.3 Å². The summed E-state index contributed by atoms with van der Waals surface area (Å²) in [6, 6.07) is 3.26. The molecule has 0 bridgehead atoms. The van der Waals surface area contributed by atoms with E-state index in [1.165, 1.54) is 0 Å². The highest BCUT2D eigenvalue weighted by molar-refractivity contribution is 7.54. The second-order valence-electron chi connectivity index (χ2n) is 6.66. The molecule has 0 aliphatic rings. The molecule has 2 N–H and O–H groups in total. The Balaban J connectivity index is 3.59. The Labute approximate surface area is 110 Å². The van der Waals surface area contributed by atoms with Crippen LogP contribution in [0.5, 0.6) is 5.75 Å². The molecule has 0 fully saturated rings. The van der Waals surface area contributed by atoms with Crippen molar-refractivity contribution < 1.29 is 14.9 Å². The van der Waals surface area contributed by atoms with Gasteiger partial charge in [-0.3, -0.25) is 0 Å². The first-order chi connectivity index (χ1) is 7.94. The van der Waals surface area contributed by atoms with Gasteiger partial charge in [0.2, 0.25) is 0 Å². The van der Waals surface area contributed by atoms with Crippen molar-refractivity contribution in [3.8, 4) is 5.75 Å². The predicted octanol–water partition coefficient (Wildman–Crippen LogP) is 2.28. The van der Waals surface area contributed by atoms with Gasteiger partial charge in [-0.2, -0.15) is 0 Å². The third-order valence-electron chi connectivity index (χ3n) is 2.92. The van der Waals surface area contributed by atoms with Crippen LogP contribution in [0.1, 0.15) is 52.7 Å². The van der Waals surface area contributed by atoms with Gasteiger partial charge in [-0.15, -0.1) is 5.75 Å². The van der Waals surface area contributed by atoms with Crippen molar-refractivity contribution in [2.75, 3.05) is 0 Å². The molecule has 0 aliphatic carbocycles. The zero-order valence-electron chi connectivity index (χ0n) is 11.9. The van der Waals surface area contributed by atoms with Gasteiger partial charge in [-0.05, 0) is 34.1 Å². The molecule has 4 heteroatoms. The second kappa shape index (κ2) is 4.80. The Morgan fingerprint density at radius 2 is 1.22 bits per heavy atom. The SMILES string of the molecule is CC(C)(C)c1cc(P(O)O)cc(C(C)(C)C)c1[O-]. The van der Waals surface area contributed by atoms with E-state index in [-0.39, 0.29) is 16.6 Å². The molecule has 102 valence electrons. The third kappa shape index (κ3) is 3.23. The van der Waals surface area contributed by atoms with E-state index in [1.54, 1.807) is 12.1 Å². The van der Waals surface area contributed by atoms with Gasteiger partial charge in [0, 0.05) is 5.30 Å². The minimum absolute atomic E-state index is 0.00981. The highest BCUT2D eigenvalue weighted by Gasteiger charge is 2.23. The minimum Gasteiger partial charge on any atom is -0.872 e. The number of hydrogen-bond acceptors (Lipinski definition) is 3. The van der Waals surface area contributed by atoms with Gasteiger partial charge in [0.25, 0.3) is 0 Å². The minimum atomic E-state index is -2.17. The zero-order valence-corrected chi connectivity index (χ0v) is 12.8. The Bertz CT molecular complexity index is 404. The summed E-state index contributed by atoms with van der Waals surface area (Å²) in [5.41, 5.74) is 0.665. The molecule has 0 amide bonds. The maximum Gasteiger partial charge on any atom is 0.199 e. The van der Waals surface area contributed by atoms with Crippen LogP contribution in [0.3, 0.4) is 0 Å². The first-order valence-corrected chi connectivity index (χ1v) is 7.23. The smallest absolute Gasteiger partial charge is 0.199 e.